The van der Waals surface area contributed by atoms with E-state index in [2.05, 4.69) is 0 Å². The molecule has 1 nitrogen and oxygen atoms in total. The standard InChI is InChI=1S/C8H11FN.BF4/c1-6-4-5-10(9)8(3)7(6)2;2-1(3,4)5/h4-5H,1-3H3;/q+1;-1. The van der Waals surface area contributed by atoms with Gasteiger partial charge in [-0.1, -0.05) is 0 Å². The Kier molecular flexibility index (Phi) is 4.70. The summed E-state index contributed by atoms with van der Waals surface area (Å²) >= 11 is 0. The summed E-state index contributed by atoms with van der Waals surface area (Å²) in [6, 6.07) is 1.77. The van der Waals surface area contributed by atoms with Crippen LogP contribution in [0.1, 0.15) is 16.8 Å². The Morgan fingerprint density at radius 3 is 1.80 bits per heavy atom. The van der Waals surface area contributed by atoms with E-state index in [1.165, 1.54) is 6.20 Å². The van der Waals surface area contributed by atoms with Crippen molar-refractivity contribution in [1.29, 1.82) is 0 Å². The summed E-state index contributed by atoms with van der Waals surface area (Å²) < 4.78 is 51.7. The second kappa shape index (κ2) is 5.09. The number of nitrogens with zero attached hydrogens (tertiary/aromatic N) is 1. The third-order valence-electron chi connectivity index (χ3n) is 1.91. The zero-order valence-electron chi connectivity index (χ0n) is 8.57. The van der Waals surface area contributed by atoms with E-state index in [1.54, 1.807) is 13.0 Å². The summed E-state index contributed by atoms with van der Waals surface area (Å²) in [6.07, 6.45) is 1.43. The van der Waals surface area contributed by atoms with Gasteiger partial charge in [0.1, 0.15) is 0 Å². The smallest absolute Gasteiger partial charge is 0.418 e. The van der Waals surface area contributed by atoms with E-state index in [1.807, 2.05) is 13.8 Å². The molecule has 0 saturated carbocycles. The number of rotatable bonds is 0. The van der Waals surface area contributed by atoms with Gasteiger partial charge in [-0.25, -0.2) is 0 Å². The molecule has 15 heavy (non-hydrogen) atoms. The molecule has 0 saturated heterocycles. The maximum atomic E-state index is 12.7. The lowest BCUT2D eigenvalue weighted by Crippen LogP contribution is -2.27. The van der Waals surface area contributed by atoms with E-state index in [4.69, 9.17) is 0 Å². The van der Waals surface area contributed by atoms with Crippen LogP contribution in [-0.4, -0.2) is 7.25 Å². The number of hydrogen-bond acceptors (Lipinski definition) is 0. The van der Waals surface area contributed by atoms with Crippen LogP contribution in [0.5, 0.6) is 0 Å². The molecule has 0 radical (unpaired) electrons. The minimum atomic E-state index is -6.00. The Morgan fingerprint density at radius 2 is 1.47 bits per heavy atom. The fourth-order valence-electron chi connectivity index (χ4n) is 0.860. The maximum Gasteiger partial charge on any atom is 0.673 e. The van der Waals surface area contributed by atoms with Crippen molar-refractivity contribution in [3.63, 3.8) is 0 Å². The number of hydrogen-bond donors (Lipinski definition) is 0. The third kappa shape index (κ3) is 6.03. The van der Waals surface area contributed by atoms with E-state index in [9.17, 15) is 21.7 Å². The molecule has 1 rings (SSSR count). The van der Waals surface area contributed by atoms with Gasteiger partial charge in [0.2, 0.25) is 11.9 Å². The minimum Gasteiger partial charge on any atom is -0.418 e. The van der Waals surface area contributed by atoms with Gasteiger partial charge in [-0.2, -0.15) is 0 Å². The summed E-state index contributed by atoms with van der Waals surface area (Å²) in [5, 5.41) is 0. The number of aromatic nitrogens is 1. The molecule has 0 atom stereocenters. The second-order valence-electron chi connectivity index (χ2n) is 3.02. The molecule has 0 aliphatic rings. The molecular formula is C8H11BF5N. The Morgan fingerprint density at radius 1 is 1.07 bits per heavy atom. The van der Waals surface area contributed by atoms with Crippen LogP contribution in [0.4, 0.5) is 21.7 Å². The number of pyridine rings is 1. The average Bonchev–Trinajstić information content (AvgIpc) is 2.05. The van der Waals surface area contributed by atoms with Crippen molar-refractivity contribution in [1.82, 2.24) is 0 Å². The van der Waals surface area contributed by atoms with Crippen molar-refractivity contribution in [2.75, 3.05) is 0 Å². The van der Waals surface area contributed by atoms with Gasteiger partial charge in [-0.15, -0.1) is 0 Å². The molecule has 86 valence electrons. The summed E-state index contributed by atoms with van der Waals surface area (Å²) in [5.41, 5.74) is 2.83. The molecule has 0 aromatic carbocycles. The largest absolute Gasteiger partial charge is 0.673 e. The molecule has 0 unspecified atom stereocenters. The van der Waals surface area contributed by atoms with Crippen LogP contribution in [0.3, 0.4) is 0 Å². The van der Waals surface area contributed by atoms with Crippen LogP contribution < -0.4 is 4.79 Å². The molecule has 0 bridgehead atoms. The summed E-state index contributed by atoms with van der Waals surface area (Å²) in [7, 11) is -6.00. The SMILES string of the molecule is Cc1cc[n+](F)c(C)c1C.F[B-](F)(F)F. The highest BCUT2D eigenvalue weighted by molar-refractivity contribution is 6.50. The van der Waals surface area contributed by atoms with E-state index in [0.29, 0.717) is 10.5 Å². The number of aryl methyl sites for hydroxylation is 1. The van der Waals surface area contributed by atoms with Gasteiger partial charge in [-0.3, -0.25) is 0 Å². The molecule has 7 heteroatoms. The van der Waals surface area contributed by atoms with Crippen LogP contribution in [0, 0.1) is 20.8 Å². The van der Waals surface area contributed by atoms with Crippen molar-refractivity contribution in [3.8, 4) is 0 Å². The molecule has 1 aromatic heterocycles. The van der Waals surface area contributed by atoms with Crippen molar-refractivity contribution >= 4 is 7.25 Å². The lowest BCUT2D eigenvalue weighted by molar-refractivity contribution is -0.848. The van der Waals surface area contributed by atoms with E-state index < -0.39 is 7.25 Å². The molecule has 0 fully saturated rings. The monoisotopic (exact) mass is 227 g/mol. The molecule has 1 heterocycles. The lowest BCUT2D eigenvalue weighted by Gasteiger charge is -1.95. The first-order valence-corrected chi connectivity index (χ1v) is 4.15. The van der Waals surface area contributed by atoms with E-state index in [0.717, 1.165) is 11.1 Å². The number of halogens is 5. The Labute approximate surface area is 84.6 Å². The van der Waals surface area contributed by atoms with Gasteiger partial charge in [0.25, 0.3) is 0 Å². The lowest BCUT2D eigenvalue weighted by atomic mass is 10.1. The third-order valence-corrected chi connectivity index (χ3v) is 1.91. The van der Waals surface area contributed by atoms with E-state index in [-0.39, 0.29) is 0 Å². The fraction of sp³-hybridized carbons (Fsp3) is 0.375. The fourth-order valence-corrected chi connectivity index (χ4v) is 0.860. The molecule has 0 aliphatic heterocycles. The Bertz CT molecular complexity index is 304. The molecule has 0 N–H and O–H groups in total. The zero-order chi connectivity index (χ0) is 12.2. The van der Waals surface area contributed by atoms with Gasteiger partial charge in [0, 0.05) is 23.3 Å². The summed E-state index contributed by atoms with van der Waals surface area (Å²) in [5.74, 6) is 0. The van der Waals surface area contributed by atoms with Gasteiger partial charge in [-0.05, 0) is 19.4 Å². The van der Waals surface area contributed by atoms with Crippen molar-refractivity contribution in [2.24, 2.45) is 0 Å². The van der Waals surface area contributed by atoms with Crippen LogP contribution in [0.25, 0.3) is 0 Å². The first-order valence-electron chi connectivity index (χ1n) is 4.15. The first kappa shape index (κ1) is 13.9. The maximum absolute atomic E-state index is 12.7. The minimum absolute atomic E-state index is 0.641. The molecule has 0 amide bonds. The van der Waals surface area contributed by atoms with Gasteiger partial charge in [0.05, 0.1) is 4.48 Å². The topological polar surface area (TPSA) is 3.88 Å². The molecule has 1 aromatic rings. The quantitative estimate of drug-likeness (QED) is 0.473. The van der Waals surface area contributed by atoms with Gasteiger partial charge >= 0.3 is 7.25 Å². The van der Waals surface area contributed by atoms with Crippen molar-refractivity contribution in [2.45, 2.75) is 20.8 Å². The Hall–Kier alpha value is -1.14. The highest BCUT2D eigenvalue weighted by Crippen LogP contribution is 2.07. The molecular weight excluding hydrogens is 216 g/mol. The van der Waals surface area contributed by atoms with Crippen LogP contribution in [-0.2, 0) is 0 Å². The van der Waals surface area contributed by atoms with E-state index >= 15 is 0 Å². The average molecular weight is 227 g/mol. The normalized spacial score (nSPS) is 10.7. The predicted molar refractivity (Wildman–Crippen MR) is 47.5 cm³/mol. The van der Waals surface area contributed by atoms with Crippen molar-refractivity contribution in [3.05, 3.63) is 29.1 Å². The zero-order valence-corrected chi connectivity index (χ0v) is 8.57. The second-order valence-corrected chi connectivity index (χ2v) is 3.02. The van der Waals surface area contributed by atoms with Crippen LogP contribution in [0.2, 0.25) is 0 Å². The molecule has 0 aliphatic carbocycles. The van der Waals surface area contributed by atoms with Crippen LogP contribution >= 0.6 is 0 Å². The first-order chi connectivity index (χ1) is 6.63. The highest BCUT2D eigenvalue weighted by atomic mass is 19.5. The highest BCUT2D eigenvalue weighted by Gasteiger charge is 2.20. The van der Waals surface area contributed by atoms with Crippen molar-refractivity contribution < 1.29 is 26.5 Å². The van der Waals surface area contributed by atoms with Gasteiger partial charge < -0.3 is 17.3 Å². The Balaban J connectivity index is 0.000000336. The summed E-state index contributed by atoms with van der Waals surface area (Å²) in [4.78, 5) is 0.641. The van der Waals surface area contributed by atoms with Gasteiger partial charge in [0.15, 0.2) is 0 Å². The van der Waals surface area contributed by atoms with Crippen LogP contribution in [0.15, 0.2) is 12.3 Å². The summed E-state index contributed by atoms with van der Waals surface area (Å²) in [6.45, 7) is 5.66. The molecule has 0 spiro atoms. The predicted octanol–water partition coefficient (Wildman–Crippen LogP) is 2.93.